The second-order valence-corrected chi connectivity index (χ2v) is 10.2. The van der Waals surface area contributed by atoms with Crippen LogP contribution in [0.3, 0.4) is 0 Å². The van der Waals surface area contributed by atoms with Crippen molar-refractivity contribution in [3.8, 4) is 33.4 Å². The summed E-state index contributed by atoms with van der Waals surface area (Å²) in [4.78, 5) is 0. The number of hydrogen-bond acceptors (Lipinski definition) is 0. The largest absolute Gasteiger partial charge is 0.0843 e. The molecule has 0 aromatic heterocycles. The maximum atomic E-state index is 6.27. The minimum absolute atomic E-state index is 0.183. The van der Waals surface area contributed by atoms with Crippen LogP contribution in [0, 0.1) is 5.92 Å². The van der Waals surface area contributed by atoms with Gasteiger partial charge in [0.15, 0.2) is 0 Å². The van der Waals surface area contributed by atoms with E-state index in [9.17, 15) is 0 Å². The van der Waals surface area contributed by atoms with Crippen LogP contribution in [0.2, 0.25) is 5.02 Å². The summed E-state index contributed by atoms with van der Waals surface area (Å²) in [6, 6.07) is 33.4. The van der Waals surface area contributed by atoms with E-state index in [2.05, 4.69) is 79.7 Å². The molecule has 0 aliphatic heterocycles. The van der Waals surface area contributed by atoms with E-state index in [4.69, 9.17) is 11.6 Å². The third-order valence-electron chi connectivity index (χ3n) is 8.01. The molecule has 1 spiro atoms. The summed E-state index contributed by atoms with van der Waals surface area (Å²) in [6.45, 7) is 2.34. The second-order valence-electron chi connectivity index (χ2n) is 9.75. The lowest BCUT2D eigenvalue weighted by molar-refractivity contribution is 0.355. The zero-order valence-electron chi connectivity index (χ0n) is 19.2. The zero-order chi connectivity index (χ0) is 22.4. The van der Waals surface area contributed by atoms with Gasteiger partial charge < -0.3 is 0 Å². The molecule has 0 bridgehead atoms. The molecule has 164 valence electrons. The fourth-order valence-corrected chi connectivity index (χ4v) is 6.84. The molecular formula is C32H29Cl. The van der Waals surface area contributed by atoms with Crippen LogP contribution in [0.4, 0.5) is 0 Å². The molecule has 2 aliphatic rings. The standard InChI is InChI=1S/C32H29Cl/c1-2-8-26-12-7-18-32(26)30-15-4-3-14-28(30)29-17-16-25(21-31(29)32)23-10-5-9-22(19-23)24-11-6-13-27(33)20-24/h3-6,9-11,13-17,19-21,26H,2,7-8,12,18H2,1H3. The van der Waals surface area contributed by atoms with E-state index < -0.39 is 0 Å². The second kappa shape index (κ2) is 8.19. The Morgan fingerprint density at radius 3 is 2.21 bits per heavy atom. The lowest BCUT2D eigenvalue weighted by atomic mass is 9.68. The van der Waals surface area contributed by atoms with Crippen molar-refractivity contribution in [2.75, 3.05) is 0 Å². The minimum atomic E-state index is 0.183. The van der Waals surface area contributed by atoms with E-state index in [0.29, 0.717) is 0 Å². The molecule has 0 radical (unpaired) electrons. The summed E-state index contributed by atoms with van der Waals surface area (Å²) in [7, 11) is 0. The Hall–Kier alpha value is -2.83. The van der Waals surface area contributed by atoms with Crippen molar-refractivity contribution in [2.45, 2.75) is 44.4 Å². The molecule has 1 saturated carbocycles. The predicted molar refractivity (Wildman–Crippen MR) is 141 cm³/mol. The van der Waals surface area contributed by atoms with Gasteiger partial charge in [0.25, 0.3) is 0 Å². The summed E-state index contributed by atoms with van der Waals surface area (Å²) < 4.78 is 0. The van der Waals surface area contributed by atoms with E-state index in [0.717, 1.165) is 16.5 Å². The predicted octanol–water partition coefficient (Wildman–Crippen LogP) is 9.54. The third-order valence-corrected chi connectivity index (χ3v) is 8.24. The highest BCUT2D eigenvalue weighted by molar-refractivity contribution is 6.30. The van der Waals surface area contributed by atoms with Crippen LogP contribution in [0.1, 0.15) is 50.2 Å². The molecule has 0 amide bonds. The first-order chi connectivity index (χ1) is 16.2. The average Bonchev–Trinajstić information content (AvgIpc) is 3.40. The Bertz CT molecular complexity index is 1330. The molecule has 2 aliphatic carbocycles. The third kappa shape index (κ3) is 3.27. The Morgan fingerprint density at radius 1 is 0.727 bits per heavy atom. The van der Waals surface area contributed by atoms with Gasteiger partial charge in [-0.05, 0) is 94.0 Å². The number of benzene rings is 4. The number of hydrogen-bond donors (Lipinski definition) is 0. The van der Waals surface area contributed by atoms with Gasteiger partial charge in [0.05, 0.1) is 0 Å². The van der Waals surface area contributed by atoms with Gasteiger partial charge in [-0.2, -0.15) is 0 Å². The Kier molecular flexibility index (Phi) is 5.15. The normalized spacial score (nSPS) is 20.7. The van der Waals surface area contributed by atoms with E-state index in [-0.39, 0.29) is 5.41 Å². The van der Waals surface area contributed by atoms with Crippen molar-refractivity contribution in [3.63, 3.8) is 0 Å². The molecule has 2 unspecified atom stereocenters. The van der Waals surface area contributed by atoms with Crippen molar-refractivity contribution in [3.05, 3.63) is 107 Å². The van der Waals surface area contributed by atoms with Gasteiger partial charge in [0.1, 0.15) is 0 Å². The van der Waals surface area contributed by atoms with E-state index >= 15 is 0 Å². The van der Waals surface area contributed by atoms with Gasteiger partial charge >= 0.3 is 0 Å². The Balaban J connectivity index is 1.49. The van der Waals surface area contributed by atoms with Crippen LogP contribution in [-0.2, 0) is 5.41 Å². The highest BCUT2D eigenvalue weighted by Gasteiger charge is 2.50. The van der Waals surface area contributed by atoms with Crippen LogP contribution < -0.4 is 0 Å². The van der Waals surface area contributed by atoms with Crippen LogP contribution in [0.25, 0.3) is 33.4 Å². The molecule has 4 aromatic rings. The van der Waals surface area contributed by atoms with Gasteiger partial charge in [-0.1, -0.05) is 98.1 Å². The first-order valence-corrected chi connectivity index (χ1v) is 12.7. The Morgan fingerprint density at radius 2 is 1.42 bits per heavy atom. The topological polar surface area (TPSA) is 0 Å². The van der Waals surface area contributed by atoms with E-state index in [1.54, 1.807) is 11.1 Å². The molecule has 0 nitrogen and oxygen atoms in total. The van der Waals surface area contributed by atoms with Crippen LogP contribution >= 0.6 is 11.6 Å². The first-order valence-electron chi connectivity index (χ1n) is 12.3. The van der Waals surface area contributed by atoms with Gasteiger partial charge in [0, 0.05) is 10.4 Å². The first kappa shape index (κ1) is 20.8. The summed E-state index contributed by atoms with van der Waals surface area (Å²) >= 11 is 6.27. The van der Waals surface area contributed by atoms with Crippen LogP contribution in [-0.4, -0.2) is 0 Å². The molecule has 0 heterocycles. The van der Waals surface area contributed by atoms with Crippen LogP contribution in [0.5, 0.6) is 0 Å². The van der Waals surface area contributed by atoms with Crippen molar-refractivity contribution < 1.29 is 0 Å². The van der Waals surface area contributed by atoms with Crippen molar-refractivity contribution in [2.24, 2.45) is 5.92 Å². The summed E-state index contributed by atoms with van der Waals surface area (Å²) in [5, 5.41) is 0.776. The molecule has 6 rings (SSSR count). The summed E-state index contributed by atoms with van der Waals surface area (Å²) in [6.07, 6.45) is 6.50. The molecule has 2 atom stereocenters. The molecule has 33 heavy (non-hydrogen) atoms. The SMILES string of the molecule is CCCC1CCCC12c1ccccc1-c1ccc(-c3cccc(-c4cccc(Cl)c4)c3)cc12. The maximum Gasteiger partial charge on any atom is 0.0412 e. The maximum absolute atomic E-state index is 6.27. The Labute approximate surface area is 202 Å². The fraction of sp³-hybridized carbons (Fsp3) is 0.250. The lowest BCUT2D eigenvalue weighted by Crippen LogP contribution is -2.29. The summed E-state index contributed by atoms with van der Waals surface area (Å²) in [5.74, 6) is 0.734. The van der Waals surface area contributed by atoms with Crippen LogP contribution in [0.15, 0.2) is 91.0 Å². The van der Waals surface area contributed by atoms with Crippen molar-refractivity contribution in [1.82, 2.24) is 0 Å². The monoisotopic (exact) mass is 448 g/mol. The highest BCUT2D eigenvalue weighted by Crippen LogP contribution is 2.60. The minimum Gasteiger partial charge on any atom is -0.0843 e. The smallest absolute Gasteiger partial charge is 0.0412 e. The number of halogens is 1. The van der Waals surface area contributed by atoms with Gasteiger partial charge in [-0.15, -0.1) is 0 Å². The van der Waals surface area contributed by atoms with E-state index in [1.807, 2.05) is 18.2 Å². The van der Waals surface area contributed by atoms with Gasteiger partial charge in [0.2, 0.25) is 0 Å². The number of rotatable bonds is 4. The quantitative estimate of drug-likeness (QED) is 0.291. The molecule has 1 heteroatoms. The average molecular weight is 449 g/mol. The molecule has 4 aromatic carbocycles. The lowest BCUT2D eigenvalue weighted by Gasteiger charge is -2.34. The molecule has 0 N–H and O–H groups in total. The van der Waals surface area contributed by atoms with E-state index in [1.165, 1.54) is 59.9 Å². The van der Waals surface area contributed by atoms with Gasteiger partial charge in [-0.25, -0.2) is 0 Å². The molecule has 0 saturated heterocycles. The van der Waals surface area contributed by atoms with Crippen molar-refractivity contribution >= 4 is 11.6 Å². The van der Waals surface area contributed by atoms with Crippen molar-refractivity contribution in [1.29, 1.82) is 0 Å². The fourth-order valence-electron chi connectivity index (χ4n) is 6.65. The molecule has 1 fully saturated rings. The van der Waals surface area contributed by atoms with Gasteiger partial charge in [-0.3, -0.25) is 0 Å². The zero-order valence-corrected chi connectivity index (χ0v) is 19.9. The number of fused-ring (bicyclic) bond motifs is 5. The highest BCUT2D eigenvalue weighted by atomic mass is 35.5. The molecular weight excluding hydrogens is 420 g/mol. The summed E-state index contributed by atoms with van der Waals surface area (Å²) in [5.41, 5.74) is 11.2.